The quantitative estimate of drug-likeness (QED) is 0.799. The van der Waals surface area contributed by atoms with Gasteiger partial charge in [-0.2, -0.15) is 0 Å². The maximum atomic E-state index is 9.41. The summed E-state index contributed by atoms with van der Waals surface area (Å²) < 4.78 is 5.16. The number of aliphatic hydroxyl groups excluding tert-OH is 1. The van der Waals surface area contributed by atoms with Gasteiger partial charge in [-0.25, -0.2) is 0 Å². The van der Waals surface area contributed by atoms with Crippen molar-refractivity contribution in [3.05, 3.63) is 22.4 Å². The van der Waals surface area contributed by atoms with E-state index in [4.69, 9.17) is 4.74 Å². The third-order valence-corrected chi connectivity index (χ3v) is 4.68. The van der Waals surface area contributed by atoms with Gasteiger partial charge in [0.05, 0.1) is 19.3 Å². The van der Waals surface area contributed by atoms with E-state index in [0.717, 1.165) is 0 Å². The van der Waals surface area contributed by atoms with Crippen molar-refractivity contribution < 1.29 is 9.84 Å². The molecule has 1 heterocycles. The minimum absolute atomic E-state index is 0.0303. The van der Waals surface area contributed by atoms with Crippen LogP contribution in [-0.2, 0) is 4.74 Å². The fourth-order valence-electron chi connectivity index (χ4n) is 2.82. The minimum Gasteiger partial charge on any atom is -0.395 e. The lowest BCUT2D eigenvalue weighted by Gasteiger charge is -2.28. The Kier molecular flexibility index (Phi) is 5.63. The summed E-state index contributed by atoms with van der Waals surface area (Å²) in [5, 5.41) is 15.1. The Bertz CT molecular complexity index is 323. The molecule has 2 unspecified atom stereocenters. The van der Waals surface area contributed by atoms with Crippen LogP contribution in [-0.4, -0.2) is 31.5 Å². The fourth-order valence-corrected chi connectivity index (χ4v) is 3.70. The second-order valence-electron chi connectivity index (χ2n) is 5.04. The van der Waals surface area contributed by atoms with E-state index in [1.54, 1.807) is 18.4 Å². The summed E-state index contributed by atoms with van der Waals surface area (Å²) in [7, 11) is 1.68. The molecule has 0 aliphatic heterocycles. The fraction of sp³-hybridized carbons (Fsp3) is 0.714. The topological polar surface area (TPSA) is 41.5 Å². The first kappa shape index (κ1) is 14.0. The Morgan fingerprint density at radius 3 is 2.83 bits per heavy atom. The summed E-state index contributed by atoms with van der Waals surface area (Å²) in [6.07, 6.45) is 5.26. The Hall–Kier alpha value is -0.420. The summed E-state index contributed by atoms with van der Waals surface area (Å²) >= 11 is 1.80. The molecule has 2 atom stereocenters. The van der Waals surface area contributed by atoms with Crippen LogP contribution in [0.1, 0.15) is 36.6 Å². The van der Waals surface area contributed by atoms with Gasteiger partial charge in [0.2, 0.25) is 0 Å². The number of hydrogen-bond acceptors (Lipinski definition) is 4. The van der Waals surface area contributed by atoms with Crippen molar-refractivity contribution in [3.8, 4) is 0 Å². The molecule has 3 nitrogen and oxygen atoms in total. The molecule has 0 radical (unpaired) electrons. The molecule has 1 fully saturated rings. The standard InChI is InChI=1S/C14H23NO2S/c1-17-10-12(9-16)15-14(11-5-2-3-6-11)13-7-4-8-18-13/h4,7-8,11-12,14-16H,2-3,5-6,9-10H2,1H3. The third-order valence-electron chi connectivity index (χ3n) is 3.72. The van der Waals surface area contributed by atoms with E-state index >= 15 is 0 Å². The van der Waals surface area contributed by atoms with Crippen molar-refractivity contribution in [2.24, 2.45) is 5.92 Å². The average Bonchev–Trinajstić information content (AvgIpc) is 3.06. The highest BCUT2D eigenvalue weighted by Crippen LogP contribution is 2.37. The molecule has 0 aromatic carbocycles. The Balaban J connectivity index is 2.04. The SMILES string of the molecule is COCC(CO)NC(c1cccs1)C1CCCC1. The van der Waals surface area contributed by atoms with Gasteiger partial charge in [0.15, 0.2) is 0 Å². The predicted octanol–water partition coefficient (Wildman–Crippen LogP) is 2.58. The van der Waals surface area contributed by atoms with Crippen molar-refractivity contribution >= 4 is 11.3 Å². The van der Waals surface area contributed by atoms with Crippen molar-refractivity contribution in [2.75, 3.05) is 20.3 Å². The highest BCUT2D eigenvalue weighted by atomic mass is 32.1. The summed E-state index contributed by atoms with van der Waals surface area (Å²) in [6.45, 7) is 0.688. The van der Waals surface area contributed by atoms with Crippen molar-refractivity contribution in [1.29, 1.82) is 0 Å². The number of methoxy groups -OCH3 is 1. The van der Waals surface area contributed by atoms with Crippen LogP contribution in [0.15, 0.2) is 17.5 Å². The molecular formula is C14H23NO2S. The molecule has 18 heavy (non-hydrogen) atoms. The molecule has 2 N–H and O–H groups in total. The van der Waals surface area contributed by atoms with Gasteiger partial charge in [0.1, 0.15) is 0 Å². The summed E-state index contributed by atoms with van der Waals surface area (Å²) in [5.74, 6) is 0.703. The average molecular weight is 269 g/mol. The van der Waals surface area contributed by atoms with Gasteiger partial charge in [0, 0.05) is 18.0 Å². The van der Waals surface area contributed by atoms with Crippen LogP contribution in [0.2, 0.25) is 0 Å². The van der Waals surface area contributed by atoms with Crippen LogP contribution in [0, 0.1) is 5.92 Å². The zero-order chi connectivity index (χ0) is 12.8. The van der Waals surface area contributed by atoms with E-state index in [0.29, 0.717) is 18.6 Å². The molecule has 0 bridgehead atoms. The molecule has 102 valence electrons. The molecule has 0 spiro atoms. The summed E-state index contributed by atoms with van der Waals surface area (Å²) in [6, 6.07) is 4.71. The molecule has 0 saturated heterocycles. The lowest BCUT2D eigenvalue weighted by Crippen LogP contribution is -2.41. The molecule has 4 heteroatoms. The first-order valence-electron chi connectivity index (χ1n) is 6.74. The minimum atomic E-state index is 0.0303. The van der Waals surface area contributed by atoms with E-state index in [9.17, 15) is 5.11 Å². The van der Waals surface area contributed by atoms with Gasteiger partial charge in [-0.1, -0.05) is 18.9 Å². The monoisotopic (exact) mass is 269 g/mol. The Morgan fingerprint density at radius 2 is 2.28 bits per heavy atom. The van der Waals surface area contributed by atoms with Gasteiger partial charge in [-0.3, -0.25) is 0 Å². The van der Waals surface area contributed by atoms with E-state index in [1.807, 2.05) is 0 Å². The smallest absolute Gasteiger partial charge is 0.0638 e. The summed E-state index contributed by atoms with van der Waals surface area (Å²) in [4.78, 5) is 1.39. The number of ether oxygens (including phenoxy) is 1. The number of hydrogen-bond donors (Lipinski definition) is 2. The van der Waals surface area contributed by atoms with E-state index < -0.39 is 0 Å². The van der Waals surface area contributed by atoms with E-state index in [1.165, 1.54) is 30.6 Å². The zero-order valence-corrected chi connectivity index (χ0v) is 11.8. The molecule has 1 aliphatic carbocycles. The largest absolute Gasteiger partial charge is 0.395 e. The molecule has 1 aromatic heterocycles. The number of rotatable bonds is 7. The number of thiophene rings is 1. The lowest BCUT2D eigenvalue weighted by atomic mass is 9.96. The van der Waals surface area contributed by atoms with Gasteiger partial charge >= 0.3 is 0 Å². The van der Waals surface area contributed by atoms with Gasteiger partial charge in [-0.15, -0.1) is 11.3 Å². The number of nitrogens with one attached hydrogen (secondary N) is 1. The van der Waals surface area contributed by atoms with E-state index in [-0.39, 0.29) is 12.6 Å². The zero-order valence-electron chi connectivity index (χ0n) is 11.0. The van der Waals surface area contributed by atoms with Crippen molar-refractivity contribution in [3.63, 3.8) is 0 Å². The second-order valence-corrected chi connectivity index (χ2v) is 6.02. The third kappa shape index (κ3) is 3.54. The number of aliphatic hydroxyl groups is 1. The maximum absolute atomic E-state index is 9.41. The summed E-state index contributed by atoms with van der Waals surface area (Å²) in [5.41, 5.74) is 0. The van der Waals surface area contributed by atoms with Crippen molar-refractivity contribution in [1.82, 2.24) is 5.32 Å². The van der Waals surface area contributed by atoms with Crippen LogP contribution in [0.4, 0.5) is 0 Å². The normalized spacial score (nSPS) is 20.1. The van der Waals surface area contributed by atoms with Gasteiger partial charge in [0.25, 0.3) is 0 Å². The lowest BCUT2D eigenvalue weighted by molar-refractivity contribution is 0.116. The first-order chi connectivity index (χ1) is 8.85. The van der Waals surface area contributed by atoms with Gasteiger partial charge in [-0.05, 0) is 30.2 Å². The Morgan fingerprint density at radius 1 is 1.50 bits per heavy atom. The van der Waals surface area contributed by atoms with Crippen LogP contribution in [0.3, 0.4) is 0 Å². The molecular weight excluding hydrogens is 246 g/mol. The molecule has 1 aliphatic rings. The van der Waals surface area contributed by atoms with Gasteiger partial charge < -0.3 is 15.2 Å². The van der Waals surface area contributed by atoms with E-state index in [2.05, 4.69) is 22.8 Å². The molecule has 0 amide bonds. The highest BCUT2D eigenvalue weighted by molar-refractivity contribution is 7.10. The van der Waals surface area contributed by atoms with Crippen LogP contribution in [0.25, 0.3) is 0 Å². The molecule has 1 aromatic rings. The maximum Gasteiger partial charge on any atom is 0.0638 e. The molecule has 1 saturated carbocycles. The first-order valence-corrected chi connectivity index (χ1v) is 7.62. The van der Waals surface area contributed by atoms with Crippen LogP contribution >= 0.6 is 11.3 Å². The second kappa shape index (κ2) is 7.24. The van der Waals surface area contributed by atoms with Crippen LogP contribution < -0.4 is 5.32 Å². The Labute approximate surface area is 113 Å². The molecule has 2 rings (SSSR count). The predicted molar refractivity (Wildman–Crippen MR) is 74.9 cm³/mol. The van der Waals surface area contributed by atoms with Crippen molar-refractivity contribution in [2.45, 2.75) is 37.8 Å². The van der Waals surface area contributed by atoms with Crippen LogP contribution in [0.5, 0.6) is 0 Å². The highest BCUT2D eigenvalue weighted by Gasteiger charge is 2.28.